The summed E-state index contributed by atoms with van der Waals surface area (Å²) in [6.45, 7) is 0. The van der Waals surface area contributed by atoms with Gasteiger partial charge >= 0.3 is 0 Å². The second-order valence-corrected chi connectivity index (χ2v) is 4.25. The molecule has 2 aromatic carbocycles. The van der Waals surface area contributed by atoms with Gasteiger partial charge in [-0.15, -0.1) is 0 Å². The zero-order chi connectivity index (χ0) is 11.5. The molecule has 16 heavy (non-hydrogen) atoms. The molecule has 80 valence electrons. The number of anilines is 1. The molecule has 0 aliphatic rings. The van der Waals surface area contributed by atoms with Gasteiger partial charge in [-0.25, -0.2) is 0 Å². The normalized spacial score (nSPS) is 10.1. The van der Waals surface area contributed by atoms with Crippen LogP contribution in [0.25, 0.3) is 0 Å². The van der Waals surface area contributed by atoms with E-state index in [1.54, 1.807) is 24.3 Å². The Morgan fingerprint density at radius 1 is 1.00 bits per heavy atom. The van der Waals surface area contributed by atoms with Gasteiger partial charge in [-0.3, -0.25) is 4.79 Å². The molecule has 0 aliphatic heterocycles. The molecule has 0 unspecified atom stereocenters. The summed E-state index contributed by atoms with van der Waals surface area (Å²) in [5.41, 5.74) is 7.51. The number of ketones is 1. The molecule has 0 radical (unpaired) electrons. The monoisotopic (exact) mass is 275 g/mol. The van der Waals surface area contributed by atoms with Gasteiger partial charge in [-0.2, -0.15) is 0 Å². The van der Waals surface area contributed by atoms with Crippen molar-refractivity contribution >= 4 is 27.4 Å². The molecule has 2 rings (SSSR count). The van der Waals surface area contributed by atoms with Crippen molar-refractivity contribution in [2.45, 2.75) is 0 Å². The Bertz CT molecular complexity index is 523. The van der Waals surface area contributed by atoms with E-state index in [2.05, 4.69) is 15.9 Å². The van der Waals surface area contributed by atoms with Crippen LogP contribution in [0.4, 0.5) is 5.69 Å². The Labute approximate surface area is 102 Å². The maximum Gasteiger partial charge on any atom is 0.195 e. The molecule has 0 aromatic heterocycles. The number of hydrogen-bond donors (Lipinski definition) is 1. The fourth-order valence-electron chi connectivity index (χ4n) is 1.48. The Hall–Kier alpha value is -1.61. The molecule has 0 heterocycles. The SMILES string of the molecule is Nc1c(Br)cccc1C(=O)c1ccccc1. The van der Waals surface area contributed by atoms with Crippen molar-refractivity contribution in [1.82, 2.24) is 0 Å². The molecule has 0 fully saturated rings. The van der Waals surface area contributed by atoms with E-state index in [0.29, 0.717) is 16.8 Å². The Morgan fingerprint density at radius 3 is 2.38 bits per heavy atom. The highest BCUT2D eigenvalue weighted by Gasteiger charge is 2.12. The number of carbonyl (C=O) groups is 1. The van der Waals surface area contributed by atoms with E-state index in [4.69, 9.17) is 5.73 Å². The summed E-state index contributed by atoms with van der Waals surface area (Å²) in [6, 6.07) is 14.5. The quantitative estimate of drug-likeness (QED) is 0.675. The highest BCUT2D eigenvalue weighted by atomic mass is 79.9. The average Bonchev–Trinajstić information content (AvgIpc) is 2.33. The topological polar surface area (TPSA) is 43.1 Å². The first-order chi connectivity index (χ1) is 7.70. The van der Waals surface area contributed by atoms with E-state index >= 15 is 0 Å². The first-order valence-electron chi connectivity index (χ1n) is 4.84. The number of benzene rings is 2. The van der Waals surface area contributed by atoms with Crippen LogP contribution in [0.1, 0.15) is 15.9 Å². The van der Waals surface area contributed by atoms with Gasteiger partial charge in [0.25, 0.3) is 0 Å². The number of halogens is 1. The predicted octanol–water partition coefficient (Wildman–Crippen LogP) is 3.26. The lowest BCUT2D eigenvalue weighted by Gasteiger charge is -2.06. The molecule has 0 saturated heterocycles. The lowest BCUT2D eigenvalue weighted by Crippen LogP contribution is -2.05. The summed E-state index contributed by atoms with van der Waals surface area (Å²) in [5, 5.41) is 0. The molecule has 0 atom stereocenters. The summed E-state index contributed by atoms with van der Waals surface area (Å²) in [6.07, 6.45) is 0. The Morgan fingerprint density at radius 2 is 1.69 bits per heavy atom. The van der Waals surface area contributed by atoms with Crippen LogP contribution in [0.5, 0.6) is 0 Å². The van der Waals surface area contributed by atoms with Crippen molar-refractivity contribution in [1.29, 1.82) is 0 Å². The van der Waals surface area contributed by atoms with Crippen LogP contribution in [0.2, 0.25) is 0 Å². The summed E-state index contributed by atoms with van der Waals surface area (Å²) in [7, 11) is 0. The third-order valence-corrected chi connectivity index (χ3v) is 3.03. The van der Waals surface area contributed by atoms with Crippen molar-refractivity contribution in [2.75, 3.05) is 5.73 Å². The molecule has 3 heteroatoms. The van der Waals surface area contributed by atoms with Crippen molar-refractivity contribution in [3.8, 4) is 0 Å². The lowest BCUT2D eigenvalue weighted by atomic mass is 10.0. The molecule has 0 spiro atoms. The summed E-state index contributed by atoms with van der Waals surface area (Å²) in [5.74, 6) is -0.0561. The fourth-order valence-corrected chi connectivity index (χ4v) is 1.85. The molecule has 0 aliphatic carbocycles. The van der Waals surface area contributed by atoms with E-state index < -0.39 is 0 Å². The number of nitrogens with two attached hydrogens (primary N) is 1. The minimum absolute atomic E-state index is 0.0561. The minimum Gasteiger partial charge on any atom is -0.397 e. The highest BCUT2D eigenvalue weighted by Crippen LogP contribution is 2.24. The van der Waals surface area contributed by atoms with Crippen LogP contribution >= 0.6 is 15.9 Å². The van der Waals surface area contributed by atoms with Gasteiger partial charge in [0, 0.05) is 15.6 Å². The zero-order valence-corrected chi connectivity index (χ0v) is 10.1. The van der Waals surface area contributed by atoms with Crippen molar-refractivity contribution in [2.24, 2.45) is 0 Å². The lowest BCUT2D eigenvalue weighted by molar-refractivity contribution is 0.103. The number of nitrogen functional groups attached to an aromatic ring is 1. The van der Waals surface area contributed by atoms with Gasteiger partial charge in [-0.05, 0) is 28.1 Å². The molecular weight excluding hydrogens is 266 g/mol. The highest BCUT2D eigenvalue weighted by molar-refractivity contribution is 9.10. The van der Waals surface area contributed by atoms with E-state index in [0.717, 1.165) is 4.47 Å². The van der Waals surface area contributed by atoms with E-state index in [1.807, 2.05) is 24.3 Å². The summed E-state index contributed by atoms with van der Waals surface area (Å²) < 4.78 is 0.745. The van der Waals surface area contributed by atoms with Gasteiger partial charge in [0.2, 0.25) is 0 Å². The van der Waals surface area contributed by atoms with Gasteiger partial charge in [0.15, 0.2) is 5.78 Å². The zero-order valence-electron chi connectivity index (χ0n) is 8.48. The third-order valence-electron chi connectivity index (χ3n) is 2.33. The van der Waals surface area contributed by atoms with Crippen LogP contribution in [0.3, 0.4) is 0 Å². The Balaban J connectivity index is 2.46. The predicted molar refractivity (Wildman–Crippen MR) is 68.4 cm³/mol. The number of rotatable bonds is 2. The molecule has 0 amide bonds. The fraction of sp³-hybridized carbons (Fsp3) is 0. The molecule has 2 aromatic rings. The van der Waals surface area contributed by atoms with Crippen LogP contribution in [0.15, 0.2) is 53.0 Å². The maximum absolute atomic E-state index is 12.1. The van der Waals surface area contributed by atoms with Crippen LogP contribution in [-0.2, 0) is 0 Å². The first kappa shape index (κ1) is 10.9. The smallest absolute Gasteiger partial charge is 0.195 e. The standard InChI is InChI=1S/C13H10BrNO/c14-11-8-4-7-10(12(11)15)13(16)9-5-2-1-3-6-9/h1-8H,15H2. The van der Waals surface area contributed by atoms with Crippen molar-refractivity contribution < 1.29 is 4.79 Å². The second-order valence-electron chi connectivity index (χ2n) is 3.40. The van der Waals surface area contributed by atoms with Gasteiger partial charge in [0.05, 0.1) is 5.69 Å². The summed E-state index contributed by atoms with van der Waals surface area (Å²) in [4.78, 5) is 12.1. The van der Waals surface area contributed by atoms with Crippen molar-refractivity contribution in [3.05, 3.63) is 64.1 Å². The second kappa shape index (κ2) is 4.49. The molecule has 0 saturated carbocycles. The summed E-state index contributed by atoms with van der Waals surface area (Å²) >= 11 is 3.31. The Kier molecular flexibility index (Phi) is 3.06. The van der Waals surface area contributed by atoms with Crippen LogP contribution in [-0.4, -0.2) is 5.78 Å². The van der Waals surface area contributed by atoms with E-state index in [1.165, 1.54) is 0 Å². The van der Waals surface area contributed by atoms with E-state index in [9.17, 15) is 4.79 Å². The first-order valence-corrected chi connectivity index (χ1v) is 5.63. The molecule has 0 bridgehead atoms. The number of carbonyl (C=O) groups excluding carboxylic acids is 1. The maximum atomic E-state index is 12.1. The molecule has 2 nitrogen and oxygen atoms in total. The largest absolute Gasteiger partial charge is 0.397 e. The average molecular weight is 276 g/mol. The van der Waals surface area contributed by atoms with Crippen molar-refractivity contribution in [3.63, 3.8) is 0 Å². The van der Waals surface area contributed by atoms with Crippen LogP contribution in [0, 0.1) is 0 Å². The van der Waals surface area contributed by atoms with Crippen LogP contribution < -0.4 is 5.73 Å². The number of para-hydroxylation sites is 1. The third kappa shape index (κ3) is 1.99. The molecular formula is C13H10BrNO. The minimum atomic E-state index is -0.0561. The van der Waals surface area contributed by atoms with Gasteiger partial charge in [-0.1, -0.05) is 36.4 Å². The molecule has 2 N–H and O–H groups in total. The van der Waals surface area contributed by atoms with Gasteiger partial charge in [0.1, 0.15) is 0 Å². The van der Waals surface area contributed by atoms with Gasteiger partial charge < -0.3 is 5.73 Å². The number of hydrogen-bond acceptors (Lipinski definition) is 2. The van der Waals surface area contributed by atoms with E-state index in [-0.39, 0.29) is 5.78 Å².